The lowest BCUT2D eigenvalue weighted by atomic mass is 10.1. The Morgan fingerprint density at radius 1 is 1.30 bits per heavy atom. The molecule has 0 aliphatic rings. The lowest BCUT2D eigenvalue weighted by Gasteiger charge is -2.18. The zero-order valence-corrected chi connectivity index (χ0v) is 19.2. The Labute approximate surface area is 178 Å². The molecule has 1 unspecified atom stereocenters. The lowest BCUT2D eigenvalue weighted by molar-refractivity contribution is 0.608. The summed E-state index contributed by atoms with van der Waals surface area (Å²) in [4.78, 5) is 4.59. The number of hydrogen-bond donors (Lipinski definition) is 2. The van der Waals surface area contributed by atoms with Crippen LogP contribution in [0.4, 0.5) is 4.39 Å². The predicted octanol–water partition coefficient (Wildman–Crippen LogP) is 3.52. The van der Waals surface area contributed by atoms with Gasteiger partial charge in [0.15, 0.2) is 5.96 Å². The Hall–Kier alpha value is -1.64. The first kappa shape index (κ1) is 23.4. The van der Waals surface area contributed by atoms with Crippen LogP contribution in [0.15, 0.2) is 29.3 Å². The monoisotopic (exact) mass is 487 g/mol. The largest absolute Gasteiger partial charge is 0.357 e. The van der Waals surface area contributed by atoms with E-state index in [4.69, 9.17) is 0 Å². The predicted molar refractivity (Wildman–Crippen MR) is 120 cm³/mol. The summed E-state index contributed by atoms with van der Waals surface area (Å²) < 4.78 is 15.6. The number of aromatic nitrogens is 2. The first-order valence-electron chi connectivity index (χ1n) is 9.19. The molecule has 0 bridgehead atoms. The molecule has 1 aromatic carbocycles. The number of guanidine groups is 1. The number of benzene rings is 1. The van der Waals surface area contributed by atoms with Gasteiger partial charge in [-0.15, -0.1) is 24.0 Å². The summed E-state index contributed by atoms with van der Waals surface area (Å²) in [7, 11) is 1.97. The first-order valence-corrected chi connectivity index (χ1v) is 9.19. The van der Waals surface area contributed by atoms with Crippen molar-refractivity contribution in [1.29, 1.82) is 0 Å². The molecule has 27 heavy (non-hydrogen) atoms. The van der Waals surface area contributed by atoms with Gasteiger partial charge in [0.25, 0.3) is 0 Å². The van der Waals surface area contributed by atoms with Crippen molar-refractivity contribution in [1.82, 2.24) is 20.4 Å². The van der Waals surface area contributed by atoms with Gasteiger partial charge in [-0.05, 0) is 57.7 Å². The molecule has 0 aliphatic heterocycles. The van der Waals surface area contributed by atoms with Gasteiger partial charge in [-0.3, -0.25) is 9.67 Å². The molecule has 150 valence electrons. The van der Waals surface area contributed by atoms with E-state index in [0.29, 0.717) is 18.5 Å². The summed E-state index contributed by atoms with van der Waals surface area (Å²) in [5.74, 6) is 0.590. The summed E-state index contributed by atoms with van der Waals surface area (Å²) in [5.41, 5.74) is 4.23. The molecule has 0 saturated carbocycles. The molecule has 5 nitrogen and oxygen atoms in total. The number of nitrogens with one attached hydrogen (secondary N) is 2. The lowest BCUT2D eigenvalue weighted by Crippen LogP contribution is -2.43. The van der Waals surface area contributed by atoms with Gasteiger partial charge in [0, 0.05) is 31.9 Å². The Bertz CT molecular complexity index is 757. The quantitative estimate of drug-likeness (QED) is 0.357. The second kappa shape index (κ2) is 11.3. The van der Waals surface area contributed by atoms with Crippen molar-refractivity contribution in [2.24, 2.45) is 12.0 Å². The van der Waals surface area contributed by atoms with Crippen LogP contribution in [-0.4, -0.2) is 34.9 Å². The normalized spacial score (nSPS) is 12.4. The van der Waals surface area contributed by atoms with Crippen LogP contribution in [0.3, 0.4) is 0 Å². The van der Waals surface area contributed by atoms with E-state index >= 15 is 0 Å². The Balaban J connectivity index is 0.00000364. The van der Waals surface area contributed by atoms with Gasteiger partial charge in [0.1, 0.15) is 5.82 Å². The summed E-state index contributed by atoms with van der Waals surface area (Å²) >= 11 is 0. The fourth-order valence-electron chi connectivity index (χ4n) is 3.01. The van der Waals surface area contributed by atoms with E-state index in [1.807, 2.05) is 37.7 Å². The highest BCUT2D eigenvalue weighted by molar-refractivity contribution is 14.0. The van der Waals surface area contributed by atoms with Crippen molar-refractivity contribution < 1.29 is 4.39 Å². The van der Waals surface area contributed by atoms with Gasteiger partial charge in [-0.1, -0.05) is 18.2 Å². The molecule has 0 spiro atoms. The van der Waals surface area contributed by atoms with Crippen LogP contribution in [0.1, 0.15) is 36.4 Å². The van der Waals surface area contributed by atoms with E-state index in [1.165, 1.54) is 17.3 Å². The van der Waals surface area contributed by atoms with E-state index in [2.05, 4.69) is 34.6 Å². The van der Waals surface area contributed by atoms with E-state index < -0.39 is 0 Å². The van der Waals surface area contributed by atoms with Crippen molar-refractivity contribution in [3.05, 3.63) is 52.6 Å². The summed E-state index contributed by atoms with van der Waals surface area (Å²) in [6.07, 6.45) is 1.46. The molecule has 2 aromatic rings. The topological polar surface area (TPSA) is 54.2 Å². The van der Waals surface area contributed by atoms with Crippen molar-refractivity contribution >= 4 is 29.9 Å². The number of aryl methyl sites for hydroxylation is 2. The molecule has 7 heteroatoms. The smallest absolute Gasteiger partial charge is 0.191 e. The highest BCUT2D eigenvalue weighted by Gasteiger charge is 2.14. The van der Waals surface area contributed by atoms with Gasteiger partial charge in [-0.2, -0.15) is 5.10 Å². The van der Waals surface area contributed by atoms with E-state index in [9.17, 15) is 4.39 Å². The highest BCUT2D eigenvalue weighted by Crippen LogP contribution is 2.14. The van der Waals surface area contributed by atoms with E-state index in [0.717, 1.165) is 24.6 Å². The van der Waals surface area contributed by atoms with Crippen molar-refractivity contribution in [2.75, 3.05) is 13.1 Å². The Morgan fingerprint density at radius 3 is 2.59 bits per heavy atom. The maximum Gasteiger partial charge on any atom is 0.191 e. The molecule has 1 aromatic heterocycles. The summed E-state index contributed by atoms with van der Waals surface area (Å²) in [6.45, 7) is 9.62. The zero-order valence-electron chi connectivity index (χ0n) is 16.8. The minimum atomic E-state index is -0.170. The second-order valence-corrected chi connectivity index (χ2v) is 6.62. The average Bonchev–Trinajstić information content (AvgIpc) is 2.83. The van der Waals surface area contributed by atoms with Crippen LogP contribution in [0.25, 0.3) is 0 Å². The molecule has 0 fully saturated rings. The molecule has 2 rings (SSSR count). The maximum absolute atomic E-state index is 13.7. The third-order valence-corrected chi connectivity index (χ3v) is 4.51. The Morgan fingerprint density at radius 2 is 2.00 bits per heavy atom. The van der Waals surface area contributed by atoms with Gasteiger partial charge in [0.2, 0.25) is 0 Å². The molecule has 0 amide bonds. The maximum atomic E-state index is 13.7. The minimum absolute atomic E-state index is 0. The molecule has 2 N–H and O–H groups in total. The van der Waals surface area contributed by atoms with Crippen LogP contribution in [0, 0.1) is 19.7 Å². The van der Waals surface area contributed by atoms with Crippen LogP contribution in [-0.2, 0) is 19.9 Å². The average molecular weight is 487 g/mol. The molecule has 1 heterocycles. The van der Waals surface area contributed by atoms with Gasteiger partial charge in [0.05, 0.1) is 5.69 Å². The second-order valence-electron chi connectivity index (χ2n) is 6.62. The van der Waals surface area contributed by atoms with Crippen LogP contribution < -0.4 is 10.6 Å². The van der Waals surface area contributed by atoms with Crippen molar-refractivity contribution in [2.45, 2.75) is 46.6 Å². The highest BCUT2D eigenvalue weighted by atomic mass is 127. The van der Waals surface area contributed by atoms with Gasteiger partial charge >= 0.3 is 0 Å². The fourth-order valence-corrected chi connectivity index (χ4v) is 3.01. The number of hydrogen-bond acceptors (Lipinski definition) is 2. The number of halogens is 2. The fraction of sp³-hybridized carbons (Fsp3) is 0.500. The third kappa shape index (κ3) is 6.79. The van der Waals surface area contributed by atoms with Crippen LogP contribution >= 0.6 is 24.0 Å². The molecule has 0 aliphatic carbocycles. The first-order chi connectivity index (χ1) is 12.4. The summed E-state index contributed by atoms with van der Waals surface area (Å²) in [6, 6.07) is 7.07. The zero-order chi connectivity index (χ0) is 19.1. The SMILES string of the molecule is CCNC(=NCCc1ccccc1F)NC(C)Cc1c(C)nn(C)c1C.I. The number of nitrogens with zero attached hydrogens (tertiary/aromatic N) is 3. The number of rotatable bonds is 7. The third-order valence-electron chi connectivity index (χ3n) is 4.51. The van der Waals surface area contributed by atoms with Gasteiger partial charge < -0.3 is 10.6 Å². The molecule has 0 radical (unpaired) electrons. The van der Waals surface area contributed by atoms with E-state index in [-0.39, 0.29) is 35.8 Å². The van der Waals surface area contributed by atoms with Crippen LogP contribution in [0.2, 0.25) is 0 Å². The van der Waals surface area contributed by atoms with E-state index in [1.54, 1.807) is 6.07 Å². The minimum Gasteiger partial charge on any atom is -0.357 e. The Kier molecular flexibility index (Phi) is 9.76. The number of aliphatic imine (C=N–C) groups is 1. The molecular formula is C20H31FIN5. The molecule has 1 atom stereocenters. The standard InChI is InChI=1S/C20H30FN5.HI/c1-6-22-20(23-12-11-17-9-7-8-10-19(17)21)24-14(2)13-18-15(3)25-26(5)16(18)4;/h7-10,14H,6,11-13H2,1-5H3,(H2,22,23,24);1H. The summed E-state index contributed by atoms with van der Waals surface area (Å²) in [5, 5.41) is 11.2. The van der Waals surface area contributed by atoms with Crippen molar-refractivity contribution in [3.8, 4) is 0 Å². The van der Waals surface area contributed by atoms with Gasteiger partial charge in [-0.25, -0.2) is 4.39 Å². The molecular weight excluding hydrogens is 456 g/mol. The van der Waals surface area contributed by atoms with Crippen molar-refractivity contribution in [3.63, 3.8) is 0 Å². The molecule has 0 saturated heterocycles. The van der Waals surface area contributed by atoms with Crippen LogP contribution in [0.5, 0.6) is 0 Å².